The fourth-order valence-corrected chi connectivity index (χ4v) is 3.49. The van der Waals surface area contributed by atoms with Crippen molar-refractivity contribution in [1.82, 2.24) is 25.1 Å². The highest BCUT2D eigenvalue weighted by molar-refractivity contribution is 5.92. The minimum Gasteiger partial charge on any atom is -0.382 e. The van der Waals surface area contributed by atoms with Gasteiger partial charge in [-0.2, -0.15) is 10.2 Å². The van der Waals surface area contributed by atoms with Crippen molar-refractivity contribution in [2.45, 2.75) is 32.2 Å². The quantitative estimate of drug-likeness (QED) is 0.171. The van der Waals surface area contributed by atoms with E-state index in [1.807, 2.05) is 19.0 Å². The van der Waals surface area contributed by atoms with E-state index in [1.165, 1.54) is 18.1 Å². The number of nitrogens with zero attached hydrogens (tertiary/aromatic N) is 5. The zero-order valence-corrected chi connectivity index (χ0v) is 24.5. The Morgan fingerprint density at radius 3 is 2.59 bits per heavy atom. The Hall–Kier alpha value is -4.45. The predicted molar refractivity (Wildman–Crippen MR) is 161 cm³/mol. The van der Waals surface area contributed by atoms with Gasteiger partial charge < -0.3 is 30.5 Å². The average molecular weight is 561 g/mol. The lowest BCUT2D eigenvalue weighted by atomic mass is 10.2. The van der Waals surface area contributed by atoms with Crippen molar-refractivity contribution in [3.05, 3.63) is 53.7 Å². The minimum atomic E-state index is -0.733. The number of unbranched alkanes of at least 4 members (excludes halogenated alkanes) is 1. The van der Waals surface area contributed by atoms with Gasteiger partial charge in [0.25, 0.3) is 0 Å². The first-order chi connectivity index (χ1) is 19.8. The number of nitriles is 1. The topological polar surface area (TPSA) is 136 Å². The molecule has 3 N–H and O–H groups in total. The highest BCUT2D eigenvalue weighted by Gasteiger charge is 2.25. The van der Waals surface area contributed by atoms with Gasteiger partial charge >= 0.3 is 0 Å². The molecule has 218 valence electrons. The maximum Gasteiger partial charge on any atom is 0.246 e. The van der Waals surface area contributed by atoms with E-state index in [1.54, 1.807) is 43.6 Å². The molecular formula is C30H40N8O3. The van der Waals surface area contributed by atoms with Crippen LogP contribution in [0.2, 0.25) is 0 Å². The van der Waals surface area contributed by atoms with Gasteiger partial charge in [-0.15, -0.1) is 0 Å². The van der Waals surface area contributed by atoms with Crippen LogP contribution in [0.15, 0.2) is 42.6 Å². The van der Waals surface area contributed by atoms with Gasteiger partial charge in [0.05, 0.1) is 30.0 Å². The fourth-order valence-electron chi connectivity index (χ4n) is 3.49. The Kier molecular flexibility index (Phi) is 14.4. The lowest BCUT2D eigenvalue weighted by Gasteiger charge is -2.25. The lowest BCUT2D eigenvalue weighted by Crippen LogP contribution is -2.50. The van der Waals surface area contributed by atoms with Crippen molar-refractivity contribution in [2.75, 3.05) is 65.1 Å². The zero-order chi connectivity index (χ0) is 30.0. The molecule has 1 atom stereocenters. The van der Waals surface area contributed by atoms with E-state index in [0.29, 0.717) is 48.8 Å². The maximum absolute atomic E-state index is 12.8. The molecule has 0 spiro atoms. The van der Waals surface area contributed by atoms with Crippen LogP contribution in [0.25, 0.3) is 0 Å². The molecular weight excluding hydrogens is 520 g/mol. The molecule has 0 aliphatic heterocycles. The molecule has 2 rings (SSSR count). The molecule has 0 saturated heterocycles. The van der Waals surface area contributed by atoms with E-state index in [9.17, 15) is 9.59 Å². The number of anilines is 3. The number of hydrogen-bond donors (Lipinski definition) is 3. The number of aromatic nitrogens is 2. The maximum atomic E-state index is 12.8. The van der Waals surface area contributed by atoms with Crippen LogP contribution in [0.3, 0.4) is 0 Å². The third-order valence-electron chi connectivity index (χ3n) is 5.78. The summed E-state index contributed by atoms with van der Waals surface area (Å²) in [6, 6.07) is 8.40. The van der Waals surface area contributed by atoms with Crippen LogP contribution in [0.5, 0.6) is 0 Å². The summed E-state index contributed by atoms with van der Waals surface area (Å²) in [6.07, 6.45) is 7.00. The Labute approximate surface area is 243 Å². The van der Waals surface area contributed by atoms with Crippen LogP contribution >= 0.6 is 0 Å². The van der Waals surface area contributed by atoms with Crippen LogP contribution in [-0.2, 0) is 14.3 Å². The van der Waals surface area contributed by atoms with Gasteiger partial charge in [-0.1, -0.05) is 24.8 Å². The molecule has 0 bridgehead atoms. The zero-order valence-electron chi connectivity index (χ0n) is 24.5. The summed E-state index contributed by atoms with van der Waals surface area (Å²) in [5, 5.41) is 18.3. The van der Waals surface area contributed by atoms with Gasteiger partial charge in [0.2, 0.25) is 17.8 Å². The van der Waals surface area contributed by atoms with Crippen molar-refractivity contribution in [3.8, 4) is 17.9 Å². The van der Waals surface area contributed by atoms with Crippen LogP contribution < -0.4 is 16.0 Å². The molecule has 2 amide bonds. The summed E-state index contributed by atoms with van der Waals surface area (Å²) >= 11 is 0. The van der Waals surface area contributed by atoms with Gasteiger partial charge in [0, 0.05) is 52.0 Å². The molecule has 41 heavy (non-hydrogen) atoms. The number of amides is 2. The van der Waals surface area contributed by atoms with E-state index in [0.717, 1.165) is 18.7 Å². The van der Waals surface area contributed by atoms with Crippen molar-refractivity contribution in [2.24, 2.45) is 0 Å². The number of benzene rings is 1. The number of carbonyl (C=O) groups excluding carboxylic acids is 2. The second kappa shape index (κ2) is 18.0. The average Bonchev–Trinajstić information content (AvgIpc) is 2.96. The van der Waals surface area contributed by atoms with Gasteiger partial charge in [0.1, 0.15) is 11.9 Å². The standard InChI is InChI=1S/C30H40N8O3/c1-6-17-32-28-24(21-34-30(36-28)35-25-15-13-23(20-31)14-16-25)11-8-7-9-18-33-29(40)26(22-41-5)38(4)27(39)12-10-19-37(2)3/h10,12-16,21,26H,6-7,9,17-19,22H2,1-5H3,(H,33,40)(H2,32,34,35,36)/b12-10+/t26-/m0/s1. The number of nitrogens with one attached hydrogen (secondary N) is 3. The van der Waals surface area contributed by atoms with Gasteiger partial charge in [-0.25, -0.2) is 4.98 Å². The Morgan fingerprint density at radius 1 is 1.17 bits per heavy atom. The van der Waals surface area contributed by atoms with Crippen molar-refractivity contribution in [1.29, 1.82) is 5.26 Å². The molecule has 1 heterocycles. The number of likely N-dealkylation sites (N-methyl/N-ethyl adjacent to an activating group) is 2. The minimum absolute atomic E-state index is 0.0962. The third-order valence-corrected chi connectivity index (χ3v) is 5.78. The van der Waals surface area contributed by atoms with E-state index in [4.69, 9.17) is 10.00 Å². The smallest absolute Gasteiger partial charge is 0.246 e. The Balaban J connectivity index is 1.93. The number of carbonyl (C=O) groups is 2. The number of hydrogen-bond acceptors (Lipinski definition) is 9. The molecule has 0 aliphatic rings. The molecule has 2 aromatic rings. The summed E-state index contributed by atoms with van der Waals surface area (Å²) in [4.78, 5) is 37.5. The van der Waals surface area contributed by atoms with Gasteiger partial charge in [0.15, 0.2) is 0 Å². The summed E-state index contributed by atoms with van der Waals surface area (Å²) < 4.78 is 5.18. The predicted octanol–water partition coefficient (Wildman–Crippen LogP) is 2.75. The van der Waals surface area contributed by atoms with Crippen molar-refractivity contribution >= 4 is 29.3 Å². The SMILES string of the molecule is CCCNc1nc(Nc2ccc(C#N)cc2)ncc1C#CCCCNC(=O)[C@H](COC)N(C)C(=O)/C=C/CN(C)C. The second-order valence-electron chi connectivity index (χ2n) is 9.48. The Morgan fingerprint density at radius 2 is 1.93 bits per heavy atom. The highest BCUT2D eigenvalue weighted by Crippen LogP contribution is 2.18. The van der Waals surface area contributed by atoms with E-state index in [2.05, 4.69) is 50.8 Å². The summed E-state index contributed by atoms with van der Waals surface area (Å²) in [7, 11) is 6.91. The normalized spacial score (nSPS) is 11.3. The lowest BCUT2D eigenvalue weighted by molar-refractivity contribution is -0.137. The fraction of sp³-hybridized carbons (Fsp3) is 0.433. The molecule has 11 nitrogen and oxygen atoms in total. The molecule has 1 aromatic carbocycles. The van der Waals surface area contributed by atoms with E-state index >= 15 is 0 Å². The molecule has 0 unspecified atom stereocenters. The molecule has 11 heteroatoms. The first kappa shape index (κ1) is 32.8. The van der Waals surface area contributed by atoms with E-state index < -0.39 is 6.04 Å². The number of methoxy groups -OCH3 is 1. The molecule has 0 fully saturated rings. The van der Waals surface area contributed by atoms with E-state index in [-0.39, 0.29) is 18.4 Å². The summed E-state index contributed by atoms with van der Waals surface area (Å²) in [6.45, 7) is 3.94. The molecule has 0 saturated carbocycles. The number of ether oxygens (including phenoxy) is 1. The van der Waals surface area contributed by atoms with Gasteiger partial charge in [-0.3, -0.25) is 9.59 Å². The molecule has 0 aliphatic carbocycles. The van der Waals surface area contributed by atoms with Gasteiger partial charge in [-0.05, 0) is 51.2 Å². The monoisotopic (exact) mass is 560 g/mol. The largest absolute Gasteiger partial charge is 0.382 e. The van der Waals surface area contributed by atoms with Crippen LogP contribution in [0.1, 0.15) is 37.3 Å². The van der Waals surface area contributed by atoms with Crippen LogP contribution in [0, 0.1) is 23.2 Å². The third kappa shape index (κ3) is 11.7. The summed E-state index contributed by atoms with van der Waals surface area (Å²) in [5.41, 5.74) is 2.03. The molecule has 0 radical (unpaired) electrons. The van der Waals surface area contributed by atoms with Crippen molar-refractivity contribution in [3.63, 3.8) is 0 Å². The molecule has 1 aromatic heterocycles. The first-order valence-electron chi connectivity index (χ1n) is 13.5. The number of rotatable bonds is 15. The highest BCUT2D eigenvalue weighted by atomic mass is 16.5. The Bertz CT molecular complexity index is 1260. The van der Waals surface area contributed by atoms with Crippen LogP contribution in [-0.4, -0.2) is 92.1 Å². The summed E-state index contributed by atoms with van der Waals surface area (Å²) in [5.74, 6) is 6.76. The second-order valence-corrected chi connectivity index (χ2v) is 9.48. The van der Waals surface area contributed by atoms with Crippen LogP contribution in [0.4, 0.5) is 17.5 Å². The first-order valence-corrected chi connectivity index (χ1v) is 13.5. The van der Waals surface area contributed by atoms with Crippen molar-refractivity contribution < 1.29 is 14.3 Å².